The highest BCUT2D eigenvalue weighted by atomic mass is 32.2. The summed E-state index contributed by atoms with van der Waals surface area (Å²) in [6.07, 6.45) is 3.53. The molecule has 7 nitrogen and oxygen atoms in total. The molecule has 4 aliphatic rings. The summed E-state index contributed by atoms with van der Waals surface area (Å²) in [5, 5.41) is 26.0. The third-order valence-corrected chi connectivity index (χ3v) is 14.7. The van der Waals surface area contributed by atoms with Crippen LogP contribution >= 0.6 is 35.7 Å². The number of carbonyl (C=O) groups is 2. The van der Waals surface area contributed by atoms with Gasteiger partial charge in [0.25, 0.3) is 0 Å². The molecule has 0 spiro atoms. The lowest BCUT2D eigenvalue weighted by molar-refractivity contribution is -0.213. The number of fused-ring (bicyclic) bond motifs is 1. The van der Waals surface area contributed by atoms with Gasteiger partial charge in [0.05, 0.1) is 18.1 Å². The quantitative estimate of drug-likeness (QED) is 0.215. The third kappa shape index (κ3) is 5.77. The molecule has 3 aliphatic carbocycles. The fourth-order valence-electron chi connectivity index (χ4n) is 9.09. The average molecular weight is 650 g/mol. The monoisotopic (exact) mass is 649 g/mol. The number of para-hydroxylation sites is 1. The molecule has 0 radical (unpaired) electrons. The number of hydrogen-bond donors (Lipinski definition) is 3. The predicted molar refractivity (Wildman–Crippen MR) is 176 cm³/mol. The van der Waals surface area contributed by atoms with Gasteiger partial charge in [-0.25, -0.2) is 4.79 Å². The van der Waals surface area contributed by atoms with Gasteiger partial charge in [-0.3, -0.25) is 4.79 Å². The average Bonchev–Trinajstić information content (AvgIpc) is 3.57. The molecule has 3 saturated carbocycles. The number of ether oxygens (including phenoxy) is 2. The second-order valence-electron chi connectivity index (χ2n) is 13.6. The second kappa shape index (κ2) is 12.8. The summed E-state index contributed by atoms with van der Waals surface area (Å²) in [4.78, 5) is 27.7. The molecule has 1 heterocycles. The van der Waals surface area contributed by atoms with Gasteiger partial charge in [-0.15, -0.1) is 0 Å². The topological polar surface area (TPSA) is 105 Å². The molecule has 1 aromatic rings. The number of esters is 1. The first-order chi connectivity index (χ1) is 20.4. The molecule has 1 aliphatic heterocycles. The van der Waals surface area contributed by atoms with Crippen LogP contribution in [0.1, 0.15) is 79.6 Å². The maximum atomic E-state index is 13.7. The molecule has 2 bridgehead atoms. The smallest absolute Gasteiger partial charge is 0.332 e. The lowest BCUT2D eigenvalue weighted by Crippen LogP contribution is -2.64. The Morgan fingerprint density at radius 1 is 1.26 bits per heavy atom. The van der Waals surface area contributed by atoms with E-state index in [9.17, 15) is 19.8 Å². The number of aliphatic hydroxyl groups excluding tert-OH is 2. The summed E-state index contributed by atoms with van der Waals surface area (Å²) in [5.41, 5.74) is -0.585. The van der Waals surface area contributed by atoms with Crippen LogP contribution in [0.2, 0.25) is 0 Å². The zero-order valence-corrected chi connectivity index (χ0v) is 28.4. The highest BCUT2D eigenvalue weighted by molar-refractivity contribution is 8.23. The van der Waals surface area contributed by atoms with E-state index in [2.05, 4.69) is 51.2 Å². The maximum Gasteiger partial charge on any atom is 0.332 e. The van der Waals surface area contributed by atoms with Gasteiger partial charge in [0, 0.05) is 39.0 Å². The van der Waals surface area contributed by atoms with Gasteiger partial charge in [-0.1, -0.05) is 63.4 Å². The van der Waals surface area contributed by atoms with Crippen molar-refractivity contribution in [3.8, 4) is 0 Å². The molecule has 3 N–H and O–H groups in total. The van der Waals surface area contributed by atoms with E-state index >= 15 is 0 Å². The van der Waals surface area contributed by atoms with Crippen LogP contribution in [-0.2, 0) is 19.1 Å². The number of ketones is 1. The molecule has 5 rings (SSSR count). The number of anilines is 1. The van der Waals surface area contributed by atoms with Crippen LogP contribution in [0.3, 0.4) is 0 Å². The van der Waals surface area contributed by atoms with Crippen LogP contribution in [0.5, 0.6) is 0 Å². The van der Waals surface area contributed by atoms with Crippen molar-refractivity contribution >= 4 is 57.6 Å². The lowest BCUT2D eigenvalue weighted by atomic mass is 9.43. The Balaban J connectivity index is 1.54. The molecular formula is C33H47NO6S3. The largest absolute Gasteiger partial charge is 0.479 e. The fourth-order valence-corrected chi connectivity index (χ4v) is 11.9. The van der Waals surface area contributed by atoms with Crippen LogP contribution in [0.15, 0.2) is 29.2 Å². The summed E-state index contributed by atoms with van der Waals surface area (Å²) in [7, 11) is 0. The zero-order chi connectivity index (χ0) is 31.2. The van der Waals surface area contributed by atoms with Crippen molar-refractivity contribution in [2.75, 3.05) is 18.5 Å². The Kier molecular flexibility index (Phi) is 9.85. The van der Waals surface area contributed by atoms with Crippen molar-refractivity contribution in [3.63, 3.8) is 0 Å². The van der Waals surface area contributed by atoms with Gasteiger partial charge in [-0.05, 0) is 87.1 Å². The first-order valence-electron chi connectivity index (χ1n) is 15.8. The minimum atomic E-state index is -0.766. The van der Waals surface area contributed by atoms with E-state index in [1.807, 2.05) is 24.8 Å². The standard InChI is InChI=1S/C33H47NO6S3/c1-6-39-30(41)43-25(11-12-26-34-21-9-7-8-10-23(21)42-26)31(4)17-24(40-27(37)18-35)32(5)19(2)13-15-33(20(3)29(31)38)16-14-22(36)28(32)33/h7-10,19-20,24-26,28-29,34-35,38H,6,11-18H2,1-5H3/t19-,20+,24+,25?,26?,28-,29-,31-,32-,33-/m0/s1. The van der Waals surface area contributed by atoms with Crippen LogP contribution < -0.4 is 5.32 Å². The minimum Gasteiger partial charge on any atom is -0.479 e. The minimum absolute atomic E-state index is 0.129. The Bertz CT molecular complexity index is 1210. The first kappa shape index (κ1) is 33.0. The summed E-state index contributed by atoms with van der Waals surface area (Å²) >= 11 is 9.00. The van der Waals surface area contributed by atoms with Crippen molar-refractivity contribution in [3.05, 3.63) is 24.3 Å². The SMILES string of the molecule is CCOC(=S)SC(CCC1Nc2ccccc2S1)[C@]1(C)C[C@@H](OC(=O)CO)[C@@]2(C)[C@@H]3C(=O)CC[C@@]3(CC[C@@H]2C)[C@H](C)[C@@H]1O. The Hall–Kier alpha value is -1.33. The second-order valence-corrected chi connectivity index (χ2v) is 16.7. The number of benzene rings is 1. The number of thiocarbonyl (C=S) groups is 1. The highest BCUT2D eigenvalue weighted by Gasteiger charge is 2.69. The van der Waals surface area contributed by atoms with Crippen LogP contribution in [0, 0.1) is 34.0 Å². The Labute approximate surface area is 270 Å². The summed E-state index contributed by atoms with van der Waals surface area (Å²) in [5.74, 6) is -0.785. The van der Waals surface area contributed by atoms with E-state index in [-0.39, 0.29) is 39.6 Å². The molecule has 0 aromatic heterocycles. The van der Waals surface area contributed by atoms with Gasteiger partial charge >= 0.3 is 5.97 Å². The molecule has 0 saturated heterocycles. The number of hydrogen-bond acceptors (Lipinski definition) is 10. The highest BCUT2D eigenvalue weighted by Crippen LogP contribution is 2.68. The molecular weight excluding hydrogens is 603 g/mol. The van der Waals surface area contributed by atoms with E-state index in [0.717, 1.165) is 37.8 Å². The third-order valence-electron chi connectivity index (χ3n) is 11.6. The lowest BCUT2D eigenvalue weighted by Gasteiger charge is -2.63. The number of rotatable bonds is 8. The van der Waals surface area contributed by atoms with Gasteiger partial charge in [0.15, 0.2) is 0 Å². The fraction of sp³-hybridized carbons (Fsp3) is 0.727. The van der Waals surface area contributed by atoms with Crippen molar-refractivity contribution in [1.29, 1.82) is 0 Å². The normalized spacial score (nSPS) is 39.1. The molecule has 2 unspecified atom stereocenters. The van der Waals surface area contributed by atoms with E-state index in [1.54, 1.807) is 0 Å². The number of Topliss-reactive ketones (excluding diaryl/α,β-unsaturated/α-hetero) is 1. The molecule has 10 heteroatoms. The van der Waals surface area contributed by atoms with Crippen molar-refractivity contribution in [2.45, 2.75) is 107 Å². The summed E-state index contributed by atoms with van der Waals surface area (Å²) in [6, 6.07) is 8.31. The van der Waals surface area contributed by atoms with Gasteiger partial charge in [-0.2, -0.15) is 0 Å². The van der Waals surface area contributed by atoms with Crippen molar-refractivity contribution in [2.24, 2.45) is 34.0 Å². The van der Waals surface area contributed by atoms with Crippen LogP contribution in [0.4, 0.5) is 5.69 Å². The number of aliphatic hydroxyl groups is 2. The number of thioether (sulfide) groups is 2. The van der Waals surface area contributed by atoms with E-state index in [0.29, 0.717) is 23.8 Å². The zero-order valence-electron chi connectivity index (χ0n) is 26.0. The number of carbonyl (C=O) groups excluding carboxylic acids is 2. The molecule has 1 aromatic carbocycles. The van der Waals surface area contributed by atoms with E-state index in [4.69, 9.17) is 21.7 Å². The van der Waals surface area contributed by atoms with E-state index < -0.39 is 35.6 Å². The van der Waals surface area contributed by atoms with Crippen molar-refractivity contribution in [1.82, 2.24) is 0 Å². The molecule has 0 amide bonds. The van der Waals surface area contributed by atoms with Gasteiger partial charge < -0.3 is 25.0 Å². The van der Waals surface area contributed by atoms with E-state index in [1.165, 1.54) is 16.7 Å². The molecule has 3 fully saturated rings. The van der Waals surface area contributed by atoms with Crippen molar-refractivity contribution < 1.29 is 29.3 Å². The first-order valence-corrected chi connectivity index (χ1v) is 17.9. The molecule has 43 heavy (non-hydrogen) atoms. The molecule has 10 atom stereocenters. The van der Waals surface area contributed by atoms with Gasteiger partial charge in [0.2, 0.25) is 4.38 Å². The molecule has 238 valence electrons. The summed E-state index contributed by atoms with van der Waals surface area (Å²) in [6.45, 7) is 10.2. The summed E-state index contributed by atoms with van der Waals surface area (Å²) < 4.78 is 12.4. The van der Waals surface area contributed by atoms with Crippen LogP contribution in [-0.4, -0.2) is 62.4 Å². The van der Waals surface area contributed by atoms with Crippen LogP contribution in [0.25, 0.3) is 0 Å². The Morgan fingerprint density at radius 3 is 2.70 bits per heavy atom. The Morgan fingerprint density at radius 2 is 2.00 bits per heavy atom. The maximum absolute atomic E-state index is 13.7. The number of nitrogens with one attached hydrogen (secondary N) is 1. The van der Waals surface area contributed by atoms with Gasteiger partial charge in [0.1, 0.15) is 18.5 Å². The predicted octanol–water partition coefficient (Wildman–Crippen LogP) is 6.45.